The van der Waals surface area contributed by atoms with Crippen LogP contribution in [0.5, 0.6) is 0 Å². The van der Waals surface area contributed by atoms with Gasteiger partial charge in [0, 0.05) is 27.8 Å². The Kier molecular flexibility index (Phi) is 8.48. The van der Waals surface area contributed by atoms with Crippen LogP contribution in [0.15, 0.2) is 23.3 Å². The monoisotopic (exact) mass is 349 g/mol. The molecule has 0 aromatic rings. The van der Waals surface area contributed by atoms with Crippen molar-refractivity contribution in [2.75, 3.05) is 13.1 Å². The van der Waals surface area contributed by atoms with Gasteiger partial charge in [0.1, 0.15) is 0 Å². The molecule has 1 fully saturated rings. The molecule has 1 amide bonds. The Morgan fingerprint density at radius 3 is 2.29 bits per heavy atom. The minimum atomic E-state index is -0.496. The van der Waals surface area contributed by atoms with Gasteiger partial charge < -0.3 is 4.90 Å². The predicted octanol–water partition coefficient (Wildman–Crippen LogP) is 5.43. The van der Waals surface area contributed by atoms with Crippen molar-refractivity contribution in [1.29, 1.82) is 0 Å². The second-order valence-electron chi connectivity index (χ2n) is 8.38. The second kappa shape index (κ2) is 9.60. The zero-order valence-electron chi connectivity index (χ0n) is 17.1. The lowest BCUT2D eigenvalue weighted by atomic mass is 9.82. The van der Waals surface area contributed by atoms with Crippen molar-refractivity contribution in [2.45, 2.75) is 79.4 Å². The average Bonchev–Trinajstić information content (AvgIpc) is 2.57. The number of hydrogen-bond acceptors (Lipinski definition) is 1. The third kappa shape index (κ3) is 6.23. The Labute approximate surface area is 152 Å². The van der Waals surface area contributed by atoms with Crippen LogP contribution in [0.25, 0.3) is 0 Å². The van der Waals surface area contributed by atoms with Crippen molar-refractivity contribution in [3.05, 3.63) is 23.3 Å². The van der Waals surface area contributed by atoms with Gasteiger partial charge >= 0.3 is 0 Å². The Balaban J connectivity index is 2.68. The van der Waals surface area contributed by atoms with Gasteiger partial charge in [0.05, 0.1) is 0 Å². The van der Waals surface area contributed by atoms with E-state index in [1.807, 2.05) is 0 Å². The summed E-state index contributed by atoms with van der Waals surface area (Å²) in [6.07, 6.45) is 7.61. The van der Waals surface area contributed by atoms with Gasteiger partial charge in [-0.05, 0) is 43.7 Å². The summed E-state index contributed by atoms with van der Waals surface area (Å²) in [4.78, 5) is 14.8. The Morgan fingerprint density at radius 2 is 1.79 bits per heavy atom. The van der Waals surface area contributed by atoms with Crippen LogP contribution in [0.4, 0.5) is 0 Å². The number of amides is 1. The quantitative estimate of drug-likeness (QED) is 0.443. The first-order valence-corrected chi connectivity index (χ1v) is 12.7. The van der Waals surface area contributed by atoms with Crippen LogP contribution < -0.4 is 0 Å². The second-order valence-corrected chi connectivity index (χ2v) is 11.7. The number of rotatable bonds is 7. The van der Waals surface area contributed by atoms with Crippen LogP contribution in [0.2, 0.25) is 18.6 Å². The summed E-state index contributed by atoms with van der Waals surface area (Å²) in [7, 11) is -0.496. The molecule has 0 N–H and O–H groups in total. The van der Waals surface area contributed by atoms with E-state index in [9.17, 15) is 4.79 Å². The standard InChI is InChI=1S/C21H39NOSi/c1-8-19(11-10-18(4)21(5,6)9-2)16-17(3)20(23)22-12-14-24(7)15-13-22/h10-11,17,24H,8-9,12-16H2,1-7H3. The van der Waals surface area contributed by atoms with Gasteiger partial charge in [0.2, 0.25) is 5.91 Å². The molecule has 0 radical (unpaired) electrons. The maximum Gasteiger partial charge on any atom is 0.225 e. The molecule has 0 aromatic carbocycles. The number of hydrogen-bond donors (Lipinski definition) is 0. The predicted molar refractivity (Wildman–Crippen MR) is 109 cm³/mol. The van der Waals surface area contributed by atoms with E-state index in [4.69, 9.17) is 0 Å². The zero-order valence-corrected chi connectivity index (χ0v) is 18.3. The molecule has 1 heterocycles. The van der Waals surface area contributed by atoms with Gasteiger partial charge in [-0.25, -0.2) is 0 Å². The van der Waals surface area contributed by atoms with Crippen molar-refractivity contribution >= 4 is 14.7 Å². The molecule has 2 nitrogen and oxygen atoms in total. The number of allylic oxidation sites excluding steroid dienone is 4. The fourth-order valence-electron chi connectivity index (χ4n) is 3.10. The van der Waals surface area contributed by atoms with Crippen LogP contribution >= 0.6 is 0 Å². The Morgan fingerprint density at radius 1 is 1.21 bits per heavy atom. The van der Waals surface area contributed by atoms with Crippen LogP contribution in [0, 0.1) is 11.3 Å². The van der Waals surface area contributed by atoms with Crippen molar-refractivity contribution in [1.82, 2.24) is 4.90 Å². The molecular formula is C21H39NOSi. The average molecular weight is 350 g/mol. The van der Waals surface area contributed by atoms with Gasteiger partial charge in [0.15, 0.2) is 0 Å². The largest absolute Gasteiger partial charge is 0.343 e. The Bertz CT molecular complexity index is 470. The molecule has 0 aromatic heterocycles. The van der Waals surface area contributed by atoms with Crippen LogP contribution in [0.1, 0.15) is 60.8 Å². The molecule has 0 bridgehead atoms. The summed E-state index contributed by atoms with van der Waals surface area (Å²) < 4.78 is 0. The van der Waals surface area contributed by atoms with Crippen LogP contribution in [-0.2, 0) is 4.79 Å². The number of nitrogens with zero attached hydrogens (tertiary/aromatic N) is 1. The fraction of sp³-hybridized carbons (Fsp3) is 0.762. The molecule has 1 atom stereocenters. The van der Waals surface area contributed by atoms with Crippen molar-refractivity contribution in [3.63, 3.8) is 0 Å². The topological polar surface area (TPSA) is 20.3 Å². The van der Waals surface area contributed by atoms with Crippen molar-refractivity contribution < 1.29 is 4.79 Å². The van der Waals surface area contributed by atoms with Crippen molar-refractivity contribution in [2.24, 2.45) is 11.3 Å². The molecule has 3 heteroatoms. The maximum absolute atomic E-state index is 12.7. The van der Waals surface area contributed by atoms with Crippen molar-refractivity contribution in [3.8, 4) is 0 Å². The van der Waals surface area contributed by atoms with Gasteiger partial charge in [0.25, 0.3) is 0 Å². The van der Waals surface area contributed by atoms with Gasteiger partial charge in [-0.2, -0.15) is 0 Å². The fourth-order valence-corrected chi connectivity index (χ4v) is 4.89. The summed E-state index contributed by atoms with van der Waals surface area (Å²) in [5.74, 6) is 0.476. The highest BCUT2D eigenvalue weighted by Gasteiger charge is 2.25. The van der Waals surface area contributed by atoms with E-state index >= 15 is 0 Å². The van der Waals surface area contributed by atoms with Gasteiger partial charge in [-0.3, -0.25) is 4.79 Å². The highest BCUT2D eigenvalue weighted by atomic mass is 28.3. The molecule has 0 saturated carbocycles. The zero-order chi connectivity index (χ0) is 18.3. The van der Waals surface area contributed by atoms with E-state index in [1.54, 1.807) is 0 Å². The highest BCUT2D eigenvalue weighted by molar-refractivity contribution is 6.57. The summed E-state index contributed by atoms with van der Waals surface area (Å²) in [6.45, 7) is 17.8. The van der Waals surface area contributed by atoms with E-state index < -0.39 is 8.80 Å². The molecule has 0 aliphatic carbocycles. The third-order valence-corrected chi connectivity index (χ3v) is 8.55. The first kappa shape index (κ1) is 21.2. The maximum atomic E-state index is 12.7. The van der Waals surface area contributed by atoms with E-state index in [2.05, 4.69) is 65.1 Å². The van der Waals surface area contributed by atoms with Crippen LogP contribution in [0.3, 0.4) is 0 Å². The molecule has 1 saturated heterocycles. The lowest BCUT2D eigenvalue weighted by Crippen LogP contribution is -2.42. The summed E-state index contributed by atoms with van der Waals surface area (Å²) in [6, 6.07) is 2.59. The smallest absolute Gasteiger partial charge is 0.225 e. The number of carbonyl (C=O) groups is 1. The summed E-state index contributed by atoms with van der Waals surface area (Å²) in [5.41, 5.74) is 3.07. The lowest BCUT2D eigenvalue weighted by Gasteiger charge is -2.32. The molecule has 1 aliphatic rings. The molecule has 0 spiro atoms. The SMILES string of the molecule is CCC(=CC=C(C)C(C)(C)CC)CC(C)C(=O)N1CC[SiH](C)CC1. The minimum absolute atomic E-state index is 0.110. The Hall–Kier alpha value is -0.833. The highest BCUT2D eigenvalue weighted by Crippen LogP contribution is 2.30. The van der Waals surface area contributed by atoms with E-state index in [1.165, 1.54) is 23.2 Å². The summed E-state index contributed by atoms with van der Waals surface area (Å²) in [5, 5.41) is 0. The summed E-state index contributed by atoms with van der Waals surface area (Å²) >= 11 is 0. The lowest BCUT2D eigenvalue weighted by molar-refractivity contribution is -0.134. The molecular weight excluding hydrogens is 310 g/mol. The number of carbonyl (C=O) groups excluding carboxylic acids is 1. The minimum Gasteiger partial charge on any atom is -0.343 e. The first-order chi connectivity index (χ1) is 11.2. The third-order valence-electron chi connectivity index (χ3n) is 6.06. The molecule has 1 rings (SSSR count). The molecule has 138 valence electrons. The first-order valence-electron chi connectivity index (χ1n) is 9.86. The molecule has 1 aliphatic heterocycles. The van der Waals surface area contributed by atoms with E-state index in [-0.39, 0.29) is 11.3 Å². The molecule has 1 unspecified atom stereocenters. The van der Waals surface area contributed by atoms with E-state index in [0.29, 0.717) is 5.91 Å². The van der Waals surface area contributed by atoms with E-state index in [0.717, 1.165) is 32.4 Å². The normalized spacial score (nSPS) is 19.5. The van der Waals surface area contributed by atoms with Crippen LogP contribution in [-0.4, -0.2) is 32.7 Å². The van der Waals surface area contributed by atoms with Gasteiger partial charge in [-0.15, -0.1) is 0 Å². The van der Waals surface area contributed by atoms with Gasteiger partial charge in [-0.1, -0.05) is 64.5 Å². The molecule has 24 heavy (non-hydrogen) atoms.